The van der Waals surface area contributed by atoms with E-state index in [-0.39, 0.29) is 0 Å². The van der Waals surface area contributed by atoms with Gasteiger partial charge in [-0.2, -0.15) is 4.58 Å². The van der Waals surface area contributed by atoms with Crippen molar-refractivity contribution in [3.63, 3.8) is 0 Å². The predicted molar refractivity (Wildman–Crippen MR) is 135 cm³/mol. The molecule has 0 aromatic heterocycles. The molecule has 4 rings (SSSR count). The lowest BCUT2D eigenvalue weighted by molar-refractivity contribution is -0.401. The van der Waals surface area contributed by atoms with Crippen LogP contribution in [0.4, 0.5) is 11.4 Å². The third-order valence-corrected chi connectivity index (χ3v) is 8.39. The first-order chi connectivity index (χ1) is 14.6. The Morgan fingerprint density at radius 2 is 1.23 bits per heavy atom. The summed E-state index contributed by atoms with van der Waals surface area (Å²) in [5, 5.41) is 0. The first kappa shape index (κ1) is 21.6. The summed E-state index contributed by atoms with van der Waals surface area (Å²) in [6.45, 7) is 18.1. The SMILES string of the molecule is Cc1c(C)c(C)c2c(c1C)CC(=CC=CC1=[N+](C)c3c(C)c(C)c(C)c(C)c3C1)N2C. The zero-order valence-corrected chi connectivity index (χ0v) is 21.0. The highest BCUT2D eigenvalue weighted by molar-refractivity contribution is 5.97. The zero-order valence-electron chi connectivity index (χ0n) is 21.0. The van der Waals surface area contributed by atoms with Gasteiger partial charge in [0.2, 0.25) is 5.69 Å². The third-order valence-electron chi connectivity index (χ3n) is 8.39. The molecule has 0 N–H and O–H groups in total. The molecule has 2 aliphatic heterocycles. The summed E-state index contributed by atoms with van der Waals surface area (Å²) in [5.74, 6) is 0. The molecule has 2 aromatic rings. The van der Waals surface area contributed by atoms with E-state index in [9.17, 15) is 0 Å². The maximum Gasteiger partial charge on any atom is 0.212 e. The van der Waals surface area contributed by atoms with Crippen LogP contribution in [0.5, 0.6) is 0 Å². The van der Waals surface area contributed by atoms with Crippen LogP contribution in [0.1, 0.15) is 55.6 Å². The molecule has 0 atom stereocenters. The first-order valence-corrected chi connectivity index (χ1v) is 11.4. The Balaban J connectivity index is 1.66. The van der Waals surface area contributed by atoms with Crippen molar-refractivity contribution in [1.82, 2.24) is 0 Å². The molecule has 0 fully saturated rings. The Morgan fingerprint density at radius 1 is 0.677 bits per heavy atom. The number of rotatable bonds is 2. The summed E-state index contributed by atoms with van der Waals surface area (Å²) >= 11 is 0. The number of likely N-dealkylation sites (N-methyl/N-ethyl adjacent to an activating group) is 1. The lowest BCUT2D eigenvalue weighted by atomic mass is 9.91. The molecule has 2 aliphatic rings. The Bertz CT molecular complexity index is 1220. The van der Waals surface area contributed by atoms with Crippen LogP contribution >= 0.6 is 0 Å². The molecule has 0 bridgehead atoms. The van der Waals surface area contributed by atoms with Crippen LogP contribution in [0.3, 0.4) is 0 Å². The van der Waals surface area contributed by atoms with E-state index >= 15 is 0 Å². The minimum atomic E-state index is 1.02. The van der Waals surface area contributed by atoms with Crippen molar-refractivity contribution in [2.75, 3.05) is 19.0 Å². The van der Waals surface area contributed by atoms with Crippen molar-refractivity contribution < 1.29 is 4.58 Å². The molecule has 2 nitrogen and oxygen atoms in total. The van der Waals surface area contributed by atoms with Gasteiger partial charge in [0.15, 0.2) is 5.71 Å². The summed E-state index contributed by atoms with van der Waals surface area (Å²) in [4.78, 5) is 2.40. The molecular weight excluding hydrogens is 376 g/mol. The molecule has 0 amide bonds. The normalized spacial score (nSPS) is 16.8. The predicted octanol–water partition coefficient (Wildman–Crippen LogP) is 6.56. The summed E-state index contributed by atoms with van der Waals surface area (Å²) < 4.78 is 2.40. The van der Waals surface area contributed by atoms with E-state index in [2.05, 4.69) is 97.2 Å². The van der Waals surface area contributed by atoms with Gasteiger partial charge in [-0.3, -0.25) is 0 Å². The second kappa shape index (κ2) is 7.51. The highest BCUT2D eigenvalue weighted by Gasteiger charge is 2.31. The van der Waals surface area contributed by atoms with Gasteiger partial charge >= 0.3 is 0 Å². The molecule has 0 saturated carbocycles. The maximum absolute atomic E-state index is 2.40. The van der Waals surface area contributed by atoms with Crippen molar-refractivity contribution in [1.29, 1.82) is 0 Å². The minimum Gasteiger partial charge on any atom is -0.347 e. The molecule has 162 valence electrons. The molecule has 0 radical (unpaired) electrons. The van der Waals surface area contributed by atoms with Crippen molar-refractivity contribution in [3.05, 3.63) is 79.6 Å². The lowest BCUT2D eigenvalue weighted by Gasteiger charge is -2.20. The first-order valence-electron chi connectivity index (χ1n) is 11.4. The molecule has 2 aromatic carbocycles. The van der Waals surface area contributed by atoms with Crippen molar-refractivity contribution >= 4 is 17.1 Å². The van der Waals surface area contributed by atoms with Gasteiger partial charge in [0.05, 0.1) is 6.42 Å². The fourth-order valence-electron chi connectivity index (χ4n) is 5.58. The molecular formula is C29H37N2+. The van der Waals surface area contributed by atoms with Gasteiger partial charge in [-0.05, 0) is 106 Å². The zero-order chi connectivity index (χ0) is 22.8. The quantitative estimate of drug-likeness (QED) is 0.506. The largest absolute Gasteiger partial charge is 0.347 e. The number of benzene rings is 2. The van der Waals surface area contributed by atoms with Crippen molar-refractivity contribution in [3.8, 4) is 0 Å². The Labute approximate surface area is 188 Å². The van der Waals surface area contributed by atoms with Gasteiger partial charge < -0.3 is 4.90 Å². The van der Waals surface area contributed by atoms with Crippen LogP contribution in [0.2, 0.25) is 0 Å². The highest BCUT2D eigenvalue weighted by atomic mass is 15.1. The molecule has 2 heterocycles. The van der Waals surface area contributed by atoms with E-state index in [4.69, 9.17) is 0 Å². The van der Waals surface area contributed by atoms with Crippen LogP contribution in [-0.2, 0) is 12.8 Å². The average Bonchev–Trinajstić information content (AvgIpc) is 3.25. The molecule has 0 spiro atoms. The Hall–Kier alpha value is -2.61. The molecule has 0 aliphatic carbocycles. The highest BCUT2D eigenvalue weighted by Crippen LogP contribution is 2.41. The monoisotopic (exact) mass is 413 g/mol. The van der Waals surface area contributed by atoms with E-state index < -0.39 is 0 Å². The van der Waals surface area contributed by atoms with E-state index in [1.165, 1.54) is 78.4 Å². The number of hydrogen-bond donors (Lipinski definition) is 0. The number of anilines is 1. The minimum absolute atomic E-state index is 1.02. The summed E-state index contributed by atoms with van der Waals surface area (Å²) in [7, 11) is 4.44. The van der Waals surface area contributed by atoms with E-state index in [1.807, 2.05) is 0 Å². The summed E-state index contributed by atoms with van der Waals surface area (Å²) in [6.07, 6.45) is 8.91. The van der Waals surface area contributed by atoms with E-state index in [0.717, 1.165) is 12.8 Å². The topological polar surface area (TPSA) is 6.25 Å². The van der Waals surface area contributed by atoms with Gasteiger partial charge in [0, 0.05) is 42.1 Å². The second-order valence-electron chi connectivity index (χ2n) is 9.63. The van der Waals surface area contributed by atoms with Crippen LogP contribution < -0.4 is 4.90 Å². The van der Waals surface area contributed by atoms with Gasteiger partial charge in [-0.15, -0.1) is 0 Å². The number of hydrogen-bond acceptors (Lipinski definition) is 1. The van der Waals surface area contributed by atoms with Crippen LogP contribution in [0.25, 0.3) is 0 Å². The van der Waals surface area contributed by atoms with Crippen LogP contribution in [0.15, 0.2) is 23.9 Å². The number of allylic oxidation sites excluding steroid dienone is 4. The van der Waals surface area contributed by atoms with Crippen molar-refractivity contribution in [2.24, 2.45) is 0 Å². The van der Waals surface area contributed by atoms with Crippen LogP contribution in [-0.4, -0.2) is 24.4 Å². The maximum atomic E-state index is 2.40. The van der Waals surface area contributed by atoms with Gasteiger partial charge in [0.1, 0.15) is 7.05 Å². The average molecular weight is 414 g/mol. The number of fused-ring (bicyclic) bond motifs is 2. The smallest absolute Gasteiger partial charge is 0.212 e. The van der Waals surface area contributed by atoms with E-state index in [1.54, 1.807) is 0 Å². The fourth-order valence-corrected chi connectivity index (χ4v) is 5.58. The molecule has 0 unspecified atom stereocenters. The van der Waals surface area contributed by atoms with E-state index in [0.29, 0.717) is 0 Å². The second-order valence-corrected chi connectivity index (χ2v) is 9.63. The van der Waals surface area contributed by atoms with Gasteiger partial charge in [0.25, 0.3) is 0 Å². The Kier molecular flexibility index (Phi) is 5.24. The van der Waals surface area contributed by atoms with Gasteiger partial charge in [-0.1, -0.05) is 6.08 Å². The molecule has 2 heteroatoms. The van der Waals surface area contributed by atoms with Crippen LogP contribution in [0, 0.1) is 55.4 Å². The van der Waals surface area contributed by atoms with Crippen molar-refractivity contribution in [2.45, 2.75) is 68.2 Å². The summed E-state index contributed by atoms with van der Waals surface area (Å²) in [5.41, 5.74) is 20.1. The van der Waals surface area contributed by atoms with Gasteiger partial charge in [-0.25, -0.2) is 0 Å². The molecule has 0 saturated heterocycles. The molecule has 31 heavy (non-hydrogen) atoms. The number of nitrogens with zero attached hydrogens (tertiary/aromatic N) is 2. The standard InChI is InChI=1S/C29H37N2/c1-16-18(3)22(7)28-26(20(16)5)14-24(30(28)9)12-11-13-25-15-27-21(6)17(2)19(4)23(8)29(27)31(25)10/h11-13H,14-15H2,1-10H3/q+1. The lowest BCUT2D eigenvalue weighted by Crippen LogP contribution is -2.13. The third kappa shape index (κ3) is 3.11. The summed E-state index contributed by atoms with van der Waals surface area (Å²) in [6, 6.07) is 0. The Morgan fingerprint density at radius 3 is 1.87 bits per heavy atom. The fraction of sp³-hybridized carbons (Fsp3) is 0.414.